The zero-order chi connectivity index (χ0) is 43.7. The van der Waals surface area contributed by atoms with Gasteiger partial charge >= 0.3 is 5.97 Å². The number of esters is 1. The monoisotopic (exact) mass is 835 g/mol. The summed E-state index contributed by atoms with van der Waals surface area (Å²) < 4.78 is 11.7. The number of nitrogens with zero attached hydrogens (tertiary/aromatic N) is 1. The molecule has 14 nitrogen and oxygen atoms in total. The molecule has 4 atom stereocenters. The summed E-state index contributed by atoms with van der Waals surface area (Å²) in [6.45, 7) is 6.34. The van der Waals surface area contributed by atoms with Crippen LogP contribution in [-0.2, 0) is 57.7 Å². The number of rotatable bonds is 12. The van der Waals surface area contributed by atoms with E-state index in [2.05, 4.69) is 21.3 Å². The Morgan fingerprint density at radius 3 is 2.26 bits per heavy atom. The van der Waals surface area contributed by atoms with Crippen LogP contribution in [0.5, 0.6) is 11.5 Å². The molecule has 0 aromatic heterocycles. The first kappa shape index (κ1) is 44.5. The van der Waals surface area contributed by atoms with E-state index in [1.165, 1.54) is 4.90 Å². The molecule has 3 aliphatic heterocycles. The Labute approximate surface area is 356 Å². The lowest BCUT2D eigenvalue weighted by molar-refractivity contribution is -0.158. The van der Waals surface area contributed by atoms with Crippen molar-refractivity contribution in [1.82, 2.24) is 26.2 Å². The van der Waals surface area contributed by atoms with Gasteiger partial charge in [0.25, 0.3) is 5.91 Å². The largest absolute Gasteiger partial charge is 0.458 e. The Kier molecular flexibility index (Phi) is 14.6. The normalized spacial score (nSPS) is 19.2. The first-order valence-electron chi connectivity index (χ1n) is 21.4. The van der Waals surface area contributed by atoms with Gasteiger partial charge in [-0.1, -0.05) is 81.1 Å². The minimum absolute atomic E-state index is 0.0523. The van der Waals surface area contributed by atoms with E-state index in [1.54, 1.807) is 58.0 Å². The fourth-order valence-electron chi connectivity index (χ4n) is 8.21. The molecule has 324 valence electrons. The van der Waals surface area contributed by atoms with Crippen molar-refractivity contribution in [3.63, 3.8) is 0 Å². The van der Waals surface area contributed by atoms with Crippen molar-refractivity contribution in [2.75, 3.05) is 6.54 Å². The highest BCUT2D eigenvalue weighted by atomic mass is 16.6. The summed E-state index contributed by atoms with van der Waals surface area (Å²) in [4.78, 5) is 97.4. The number of Topliss-reactive ketones (excluding diaryl/α,β-unsaturated/α-hetero) is 1. The molecule has 4 N–H and O–H groups in total. The summed E-state index contributed by atoms with van der Waals surface area (Å²) in [5.74, 6) is -3.69. The van der Waals surface area contributed by atoms with Gasteiger partial charge in [0.2, 0.25) is 29.4 Å². The number of amides is 5. The number of ether oxygens (including phenoxy) is 2. The van der Waals surface area contributed by atoms with Crippen molar-refractivity contribution < 1.29 is 43.0 Å². The van der Waals surface area contributed by atoms with Crippen LogP contribution in [-0.4, -0.2) is 76.5 Å². The summed E-state index contributed by atoms with van der Waals surface area (Å²) in [5.41, 5.74) is 2.19. The van der Waals surface area contributed by atoms with Crippen LogP contribution < -0.4 is 26.0 Å². The van der Waals surface area contributed by atoms with Crippen LogP contribution in [0.2, 0.25) is 0 Å². The number of carbonyl (C=O) groups excluding carboxylic acids is 7. The maximum absolute atomic E-state index is 14.8. The molecule has 1 unspecified atom stereocenters. The minimum Gasteiger partial charge on any atom is -0.458 e. The van der Waals surface area contributed by atoms with Gasteiger partial charge in [-0.3, -0.25) is 28.8 Å². The maximum atomic E-state index is 14.8. The van der Waals surface area contributed by atoms with Gasteiger partial charge in [-0.2, -0.15) is 0 Å². The number of carbonyl (C=O) groups is 7. The number of nitrogens with one attached hydrogen (secondary N) is 4. The molecule has 7 rings (SSSR count). The predicted molar refractivity (Wildman–Crippen MR) is 226 cm³/mol. The molecule has 1 aliphatic carbocycles. The molecule has 61 heavy (non-hydrogen) atoms. The molecule has 4 aliphatic rings. The Balaban J connectivity index is 1.20. The SMILES string of the molecule is CCCC(NC(=O)[C@@H]1Cc2ccc3cc2CN1C(=O)[C@H](C1CCCCC1)NC(=O)CCc1ccc(cc1)O3)C(=O)C(=O)NCC(=O)N[C@H](C(=O)OC(C)(C)C)c1ccccc1. The van der Waals surface area contributed by atoms with E-state index in [1.807, 2.05) is 42.5 Å². The summed E-state index contributed by atoms with van der Waals surface area (Å²) >= 11 is 0. The maximum Gasteiger partial charge on any atom is 0.333 e. The third-order valence-electron chi connectivity index (χ3n) is 11.3. The van der Waals surface area contributed by atoms with E-state index in [9.17, 15) is 33.6 Å². The van der Waals surface area contributed by atoms with Crippen molar-refractivity contribution >= 4 is 41.3 Å². The number of ketones is 1. The van der Waals surface area contributed by atoms with Crippen molar-refractivity contribution in [2.45, 2.75) is 128 Å². The molecule has 14 heteroatoms. The summed E-state index contributed by atoms with van der Waals surface area (Å²) in [6.07, 6.45) is 5.69. The van der Waals surface area contributed by atoms with Crippen molar-refractivity contribution in [1.29, 1.82) is 0 Å². The fraction of sp³-hybridized carbons (Fsp3) is 0.468. The minimum atomic E-state index is -1.26. The number of hydrogen-bond acceptors (Lipinski definition) is 9. The smallest absolute Gasteiger partial charge is 0.333 e. The molecular weight excluding hydrogens is 779 g/mol. The van der Waals surface area contributed by atoms with Gasteiger partial charge in [0.15, 0.2) is 6.04 Å². The highest BCUT2D eigenvalue weighted by Crippen LogP contribution is 2.33. The van der Waals surface area contributed by atoms with Crippen molar-refractivity contribution in [2.24, 2.45) is 5.92 Å². The second kappa shape index (κ2) is 20.0. The van der Waals surface area contributed by atoms with Crippen LogP contribution in [0.1, 0.15) is 107 Å². The topological polar surface area (TPSA) is 189 Å². The van der Waals surface area contributed by atoms with Gasteiger partial charge < -0.3 is 35.6 Å². The van der Waals surface area contributed by atoms with E-state index >= 15 is 0 Å². The molecule has 3 aromatic rings. The van der Waals surface area contributed by atoms with Crippen LogP contribution in [0, 0.1) is 5.92 Å². The van der Waals surface area contributed by atoms with Gasteiger partial charge in [0, 0.05) is 19.4 Å². The Morgan fingerprint density at radius 1 is 0.869 bits per heavy atom. The highest BCUT2D eigenvalue weighted by molar-refractivity contribution is 6.38. The lowest BCUT2D eigenvalue weighted by atomic mass is 9.82. The number of benzene rings is 3. The van der Waals surface area contributed by atoms with Crippen LogP contribution in [0.4, 0.5) is 0 Å². The lowest BCUT2D eigenvalue weighted by Gasteiger charge is -2.40. The Hall–Kier alpha value is -6.05. The average Bonchev–Trinajstić information content (AvgIpc) is 3.24. The number of fused-ring (bicyclic) bond motifs is 7. The molecule has 3 heterocycles. The zero-order valence-corrected chi connectivity index (χ0v) is 35.4. The van der Waals surface area contributed by atoms with Gasteiger partial charge in [-0.15, -0.1) is 0 Å². The Bertz CT molecular complexity index is 2090. The van der Waals surface area contributed by atoms with Gasteiger partial charge in [0.1, 0.15) is 29.2 Å². The van der Waals surface area contributed by atoms with Gasteiger partial charge in [0.05, 0.1) is 12.6 Å². The summed E-state index contributed by atoms with van der Waals surface area (Å²) in [6, 6.07) is 17.2. The number of hydrogen-bond donors (Lipinski definition) is 4. The van der Waals surface area contributed by atoms with Crippen molar-refractivity contribution in [3.8, 4) is 11.5 Å². The standard InChI is InChI=1S/C47H57N5O9/c1-5-12-36(42(55)44(57)48-27-39(54)51-41(31-15-10-7-11-16-31)46(59)61-47(2,3)4)49-43(56)37-26-32-20-23-35-25-33(32)28-52(37)45(58)40(30-13-8-6-9-14-30)50-38(53)24-19-29-17-21-34(60-35)22-18-29/h7,10-11,15-18,20-23,25,30,36-37,40-41H,5-6,8-9,12-14,19,24,26-28H2,1-4H3,(H,48,57)(H,49,56)(H,50,53)(H,51,54)/t36?,37-,40-,41-/m0/s1. The summed E-state index contributed by atoms with van der Waals surface area (Å²) in [5, 5.41) is 10.8. The first-order chi connectivity index (χ1) is 29.2. The van der Waals surface area contributed by atoms with Crippen LogP contribution in [0.15, 0.2) is 72.8 Å². The highest BCUT2D eigenvalue weighted by Gasteiger charge is 2.42. The van der Waals surface area contributed by atoms with E-state index < -0.39 is 65.8 Å². The number of aryl methyl sites for hydroxylation is 1. The third kappa shape index (κ3) is 11.8. The second-order valence-electron chi connectivity index (χ2n) is 17.1. The molecule has 5 amide bonds. The predicted octanol–water partition coefficient (Wildman–Crippen LogP) is 4.91. The van der Waals surface area contributed by atoms with E-state index in [4.69, 9.17) is 9.47 Å². The summed E-state index contributed by atoms with van der Waals surface area (Å²) in [7, 11) is 0. The van der Waals surface area contributed by atoms with E-state index in [0.29, 0.717) is 29.9 Å². The Morgan fingerprint density at radius 2 is 1.57 bits per heavy atom. The zero-order valence-electron chi connectivity index (χ0n) is 35.4. The van der Waals surface area contributed by atoms with Gasteiger partial charge in [-0.25, -0.2) is 4.79 Å². The average molecular weight is 836 g/mol. The van der Waals surface area contributed by atoms with Crippen LogP contribution >= 0.6 is 0 Å². The lowest BCUT2D eigenvalue weighted by Crippen LogP contribution is -2.61. The molecule has 5 bridgehead atoms. The second-order valence-corrected chi connectivity index (χ2v) is 17.1. The molecule has 1 saturated carbocycles. The van der Waals surface area contributed by atoms with Crippen LogP contribution in [0.25, 0.3) is 0 Å². The molecule has 0 radical (unpaired) electrons. The molecule has 3 aromatic carbocycles. The quantitative estimate of drug-likeness (QED) is 0.145. The molecule has 0 saturated heterocycles. The molecule has 1 fully saturated rings. The first-order valence-corrected chi connectivity index (χ1v) is 21.4. The third-order valence-corrected chi connectivity index (χ3v) is 11.3. The molecular formula is C47H57N5O9. The van der Waals surface area contributed by atoms with E-state index in [-0.39, 0.29) is 43.5 Å². The van der Waals surface area contributed by atoms with Crippen molar-refractivity contribution in [3.05, 3.63) is 95.1 Å². The molecule has 0 spiro atoms. The van der Waals surface area contributed by atoms with E-state index in [0.717, 1.165) is 48.8 Å². The van der Waals surface area contributed by atoms with Gasteiger partial charge in [-0.05, 0) is 98.9 Å². The fourth-order valence-corrected chi connectivity index (χ4v) is 8.21. The van der Waals surface area contributed by atoms with Crippen LogP contribution in [0.3, 0.4) is 0 Å².